The highest BCUT2D eigenvalue weighted by atomic mass is 33.1. The number of carbonyl (C=O) groups is 2. The zero-order valence-electron chi connectivity index (χ0n) is 11.3. The molecule has 0 rings (SSSR count). The number of nitrogens with zero attached hydrogens (tertiary/aromatic N) is 2. The van der Waals surface area contributed by atoms with Gasteiger partial charge in [0.2, 0.25) is 11.8 Å². The Morgan fingerprint density at radius 3 is 1.39 bits per heavy atom. The fourth-order valence-corrected chi connectivity index (χ4v) is 3.28. The van der Waals surface area contributed by atoms with Crippen molar-refractivity contribution in [2.24, 2.45) is 11.5 Å². The topological polar surface area (TPSA) is 92.7 Å². The van der Waals surface area contributed by atoms with E-state index >= 15 is 0 Å². The smallest absolute Gasteiger partial charge is 0.239 e. The lowest BCUT2D eigenvalue weighted by Crippen LogP contribution is -2.42. The Bertz CT molecular complexity index is 259. The summed E-state index contributed by atoms with van der Waals surface area (Å²) in [5.74, 6) is 0.809. The summed E-state index contributed by atoms with van der Waals surface area (Å²) < 4.78 is 0. The molecule has 0 spiro atoms. The van der Waals surface area contributed by atoms with Crippen molar-refractivity contribution in [1.29, 1.82) is 0 Å². The Balaban J connectivity index is 3.80. The van der Waals surface area contributed by atoms with Gasteiger partial charge in [0, 0.05) is 39.7 Å². The van der Waals surface area contributed by atoms with Crippen LogP contribution in [-0.4, -0.2) is 73.4 Å². The lowest BCUT2D eigenvalue weighted by molar-refractivity contribution is -0.130. The number of rotatable bonds is 7. The summed E-state index contributed by atoms with van der Waals surface area (Å²) in [5.41, 5.74) is 11.4. The van der Waals surface area contributed by atoms with Crippen molar-refractivity contribution >= 4 is 33.4 Å². The highest BCUT2D eigenvalue weighted by molar-refractivity contribution is 8.76. The van der Waals surface area contributed by atoms with Gasteiger partial charge >= 0.3 is 0 Å². The number of likely N-dealkylation sites (N-methyl/N-ethyl adjacent to an activating group) is 2. The second-order valence-electron chi connectivity index (χ2n) is 4.25. The summed E-state index contributed by atoms with van der Waals surface area (Å²) >= 11 is 0. The molecular formula is C10H22N4O2S2. The third-order valence-corrected chi connectivity index (χ3v) is 4.57. The average Bonchev–Trinajstić information content (AvgIpc) is 2.31. The second kappa shape index (κ2) is 8.63. The molecule has 0 aromatic heterocycles. The van der Waals surface area contributed by atoms with Crippen LogP contribution in [0.1, 0.15) is 0 Å². The monoisotopic (exact) mass is 294 g/mol. The molecule has 6 nitrogen and oxygen atoms in total. The first kappa shape index (κ1) is 17.6. The van der Waals surface area contributed by atoms with E-state index in [1.165, 1.54) is 31.4 Å². The lowest BCUT2D eigenvalue weighted by atomic mass is 10.3. The maximum atomic E-state index is 11.5. The van der Waals surface area contributed by atoms with Gasteiger partial charge in [-0.2, -0.15) is 0 Å². The first-order chi connectivity index (χ1) is 8.27. The second-order valence-corrected chi connectivity index (χ2v) is 6.80. The number of hydrogen-bond acceptors (Lipinski definition) is 6. The average molecular weight is 294 g/mol. The maximum Gasteiger partial charge on any atom is 0.239 e. The summed E-state index contributed by atoms with van der Waals surface area (Å²) in [6.07, 6.45) is 0. The van der Waals surface area contributed by atoms with Gasteiger partial charge in [-0.1, -0.05) is 21.6 Å². The van der Waals surface area contributed by atoms with Crippen molar-refractivity contribution in [1.82, 2.24) is 9.80 Å². The number of hydrogen-bond donors (Lipinski definition) is 2. The molecule has 0 saturated carbocycles. The normalized spacial score (nSPS) is 13.9. The third-order valence-electron chi connectivity index (χ3n) is 2.09. The minimum atomic E-state index is -0.515. The molecule has 0 fully saturated rings. The molecule has 18 heavy (non-hydrogen) atoms. The van der Waals surface area contributed by atoms with E-state index in [-0.39, 0.29) is 11.8 Å². The van der Waals surface area contributed by atoms with Crippen molar-refractivity contribution in [3.8, 4) is 0 Å². The van der Waals surface area contributed by atoms with Crippen LogP contribution in [0, 0.1) is 0 Å². The molecule has 0 aliphatic heterocycles. The fraction of sp³-hybridized carbons (Fsp3) is 0.800. The maximum absolute atomic E-state index is 11.5. The molecule has 0 unspecified atom stereocenters. The van der Waals surface area contributed by atoms with Crippen LogP contribution in [0.5, 0.6) is 0 Å². The first-order valence-corrected chi connectivity index (χ1v) is 7.94. The van der Waals surface area contributed by atoms with Gasteiger partial charge in [-0.15, -0.1) is 0 Å². The van der Waals surface area contributed by atoms with Gasteiger partial charge in [0.25, 0.3) is 0 Å². The predicted molar refractivity (Wildman–Crippen MR) is 78.3 cm³/mol. The van der Waals surface area contributed by atoms with Crippen LogP contribution in [0.4, 0.5) is 0 Å². The molecule has 0 aromatic rings. The van der Waals surface area contributed by atoms with E-state index in [1.54, 1.807) is 28.2 Å². The molecule has 0 aliphatic rings. The molecule has 0 aliphatic carbocycles. The van der Waals surface area contributed by atoms with Crippen LogP contribution in [0.3, 0.4) is 0 Å². The molecule has 0 bridgehead atoms. The Morgan fingerprint density at radius 1 is 0.889 bits per heavy atom. The van der Waals surface area contributed by atoms with Crippen LogP contribution in [0.2, 0.25) is 0 Å². The van der Waals surface area contributed by atoms with E-state index in [4.69, 9.17) is 11.5 Å². The van der Waals surface area contributed by atoms with Crippen LogP contribution in [0.25, 0.3) is 0 Å². The van der Waals surface area contributed by atoms with E-state index in [0.717, 1.165) is 0 Å². The summed E-state index contributed by atoms with van der Waals surface area (Å²) in [7, 11) is 9.61. The minimum Gasteiger partial charge on any atom is -0.347 e. The van der Waals surface area contributed by atoms with E-state index in [1.807, 2.05) is 0 Å². The van der Waals surface area contributed by atoms with Gasteiger partial charge in [0.15, 0.2) is 0 Å². The van der Waals surface area contributed by atoms with E-state index in [0.29, 0.717) is 11.5 Å². The molecule has 2 amide bonds. The zero-order valence-corrected chi connectivity index (χ0v) is 12.9. The summed E-state index contributed by atoms with van der Waals surface area (Å²) in [6, 6.07) is -1.03. The Kier molecular flexibility index (Phi) is 8.41. The molecule has 4 N–H and O–H groups in total. The lowest BCUT2D eigenvalue weighted by Gasteiger charge is -2.17. The Labute approximate surface area is 116 Å². The number of amides is 2. The van der Waals surface area contributed by atoms with Crippen molar-refractivity contribution in [2.75, 3.05) is 39.7 Å². The van der Waals surface area contributed by atoms with Gasteiger partial charge in [0.1, 0.15) is 0 Å². The molecule has 0 heterocycles. The SMILES string of the molecule is CN(C)C(=O)[C@@H](N)CSSC[C@H](N)C(=O)N(C)C. The van der Waals surface area contributed by atoms with Gasteiger partial charge in [-0.3, -0.25) is 9.59 Å². The standard InChI is InChI=1S/C10H22N4O2S2/c1-13(2)9(15)7(11)5-17-18-6-8(12)10(16)14(3)4/h7-8H,5-6,11-12H2,1-4H3/t7-,8-/m0/s1. The van der Waals surface area contributed by atoms with Gasteiger partial charge in [-0.05, 0) is 0 Å². The quantitative estimate of drug-likeness (QED) is 0.472. The van der Waals surface area contributed by atoms with Gasteiger partial charge < -0.3 is 21.3 Å². The van der Waals surface area contributed by atoms with E-state index in [2.05, 4.69) is 0 Å². The van der Waals surface area contributed by atoms with Crippen LogP contribution in [0.15, 0.2) is 0 Å². The Hall–Kier alpha value is -0.440. The summed E-state index contributed by atoms with van der Waals surface area (Å²) in [5, 5.41) is 0. The summed E-state index contributed by atoms with van der Waals surface area (Å²) in [6.45, 7) is 0. The first-order valence-electron chi connectivity index (χ1n) is 5.45. The minimum absolute atomic E-state index is 0.100. The molecule has 2 atom stereocenters. The summed E-state index contributed by atoms with van der Waals surface area (Å²) in [4.78, 5) is 25.9. The van der Waals surface area contributed by atoms with Gasteiger partial charge in [0.05, 0.1) is 12.1 Å². The van der Waals surface area contributed by atoms with Crippen LogP contribution < -0.4 is 11.5 Å². The molecule has 106 valence electrons. The largest absolute Gasteiger partial charge is 0.347 e. The highest BCUT2D eigenvalue weighted by Crippen LogP contribution is 2.22. The number of carbonyl (C=O) groups excluding carboxylic acids is 2. The molecule has 0 aromatic carbocycles. The van der Waals surface area contributed by atoms with Crippen LogP contribution in [-0.2, 0) is 9.59 Å². The fourth-order valence-electron chi connectivity index (χ4n) is 1.05. The van der Waals surface area contributed by atoms with Crippen molar-refractivity contribution in [3.05, 3.63) is 0 Å². The molecule has 8 heteroatoms. The Morgan fingerprint density at radius 2 is 1.17 bits per heavy atom. The van der Waals surface area contributed by atoms with E-state index < -0.39 is 12.1 Å². The third kappa shape index (κ3) is 6.48. The number of nitrogens with two attached hydrogens (primary N) is 2. The van der Waals surface area contributed by atoms with E-state index in [9.17, 15) is 9.59 Å². The van der Waals surface area contributed by atoms with Crippen molar-refractivity contribution in [3.63, 3.8) is 0 Å². The predicted octanol–water partition coefficient (Wildman–Crippen LogP) is -0.801. The highest BCUT2D eigenvalue weighted by Gasteiger charge is 2.18. The zero-order chi connectivity index (χ0) is 14.3. The van der Waals surface area contributed by atoms with Gasteiger partial charge in [-0.25, -0.2) is 0 Å². The molecule has 0 radical (unpaired) electrons. The van der Waals surface area contributed by atoms with Crippen molar-refractivity contribution in [2.45, 2.75) is 12.1 Å². The molecular weight excluding hydrogens is 272 g/mol. The van der Waals surface area contributed by atoms with Crippen LogP contribution >= 0.6 is 21.6 Å². The molecule has 0 saturated heterocycles. The van der Waals surface area contributed by atoms with Crippen molar-refractivity contribution < 1.29 is 9.59 Å².